The molecule has 5 rings (SSSR count). The van der Waals surface area contributed by atoms with Gasteiger partial charge >= 0.3 is 0 Å². The smallest absolute Gasteiger partial charge is 0.161 e. The first-order valence-electron chi connectivity index (χ1n) is 11.3. The summed E-state index contributed by atoms with van der Waals surface area (Å²) in [6, 6.07) is 15.3. The molecule has 162 valence electrons. The number of nitrogens with zero attached hydrogens (tertiary/aromatic N) is 3. The van der Waals surface area contributed by atoms with Gasteiger partial charge in [0, 0.05) is 30.7 Å². The molecular formula is C25H29N3O3. The van der Waals surface area contributed by atoms with Crippen LogP contribution in [0.4, 0.5) is 5.69 Å². The molecule has 6 heteroatoms. The molecule has 0 spiro atoms. The molecule has 6 nitrogen and oxygen atoms in total. The molecule has 1 saturated heterocycles. The molecular weight excluding hydrogens is 390 g/mol. The largest absolute Gasteiger partial charge is 0.486 e. The van der Waals surface area contributed by atoms with Crippen LogP contribution < -0.4 is 14.4 Å². The summed E-state index contributed by atoms with van der Waals surface area (Å²) in [6.45, 7) is 2.99. The van der Waals surface area contributed by atoms with E-state index in [4.69, 9.17) is 9.47 Å². The van der Waals surface area contributed by atoms with Crippen LogP contribution in [-0.2, 0) is 0 Å². The van der Waals surface area contributed by atoms with E-state index in [0.717, 1.165) is 54.2 Å². The van der Waals surface area contributed by atoms with Gasteiger partial charge in [-0.3, -0.25) is 4.90 Å². The summed E-state index contributed by atoms with van der Waals surface area (Å²) in [6.07, 6.45) is 5.78. The molecule has 1 saturated carbocycles. The predicted octanol–water partition coefficient (Wildman–Crippen LogP) is 3.77. The lowest BCUT2D eigenvalue weighted by Gasteiger charge is -2.45. The summed E-state index contributed by atoms with van der Waals surface area (Å²) in [5, 5.41) is 20.1. The van der Waals surface area contributed by atoms with E-state index in [-0.39, 0.29) is 6.73 Å². The quantitative estimate of drug-likeness (QED) is 0.744. The molecule has 2 fully saturated rings. The molecule has 1 atom stereocenters. The maximum absolute atomic E-state index is 10.1. The number of ether oxygens (including phenoxy) is 2. The van der Waals surface area contributed by atoms with Crippen molar-refractivity contribution in [1.82, 2.24) is 4.90 Å². The van der Waals surface area contributed by atoms with E-state index in [1.165, 1.54) is 19.3 Å². The van der Waals surface area contributed by atoms with E-state index in [1.54, 1.807) is 0 Å². The Balaban J connectivity index is 1.44. The minimum absolute atomic E-state index is 0.117. The lowest BCUT2D eigenvalue weighted by Crippen LogP contribution is -2.54. The van der Waals surface area contributed by atoms with Crippen LogP contribution in [0.15, 0.2) is 36.4 Å². The van der Waals surface area contributed by atoms with Gasteiger partial charge in [0.15, 0.2) is 11.5 Å². The standard InChI is InChI=1S/C25H29N3O3/c26-15-22-21(18-9-10-24-25(14-18)31-13-12-30-24)7-2-8-23(22)27-11-3-6-20(16-27)28(17-29)19-4-1-5-19/h2,7-10,14,19-20,29H,1,3-6,11-13,16-17H2. The third-order valence-electron chi connectivity index (χ3n) is 6.92. The average molecular weight is 420 g/mol. The van der Waals surface area contributed by atoms with E-state index in [9.17, 15) is 10.4 Å². The van der Waals surface area contributed by atoms with E-state index in [2.05, 4.69) is 21.9 Å². The molecule has 0 amide bonds. The van der Waals surface area contributed by atoms with Crippen molar-refractivity contribution in [3.05, 3.63) is 42.0 Å². The lowest BCUT2D eigenvalue weighted by molar-refractivity contribution is -0.00485. The summed E-state index contributed by atoms with van der Waals surface area (Å²) in [5.41, 5.74) is 3.55. The van der Waals surface area contributed by atoms with Crippen LogP contribution in [0.1, 0.15) is 37.7 Å². The fourth-order valence-electron chi connectivity index (χ4n) is 5.06. The summed E-state index contributed by atoms with van der Waals surface area (Å²) in [4.78, 5) is 4.60. The van der Waals surface area contributed by atoms with Crippen LogP contribution >= 0.6 is 0 Å². The Morgan fingerprint density at radius 3 is 2.58 bits per heavy atom. The van der Waals surface area contributed by atoms with Gasteiger partial charge in [-0.2, -0.15) is 5.26 Å². The first-order valence-corrected chi connectivity index (χ1v) is 11.3. The first-order chi connectivity index (χ1) is 15.3. The van der Waals surface area contributed by atoms with Gasteiger partial charge in [0.05, 0.1) is 18.0 Å². The normalized spacial score (nSPS) is 20.9. The third kappa shape index (κ3) is 3.84. The second-order valence-electron chi connectivity index (χ2n) is 8.65. The lowest BCUT2D eigenvalue weighted by atomic mass is 9.89. The molecule has 0 aromatic heterocycles. The molecule has 1 aliphatic carbocycles. The van der Waals surface area contributed by atoms with E-state index in [0.29, 0.717) is 30.9 Å². The van der Waals surface area contributed by atoms with Crippen molar-refractivity contribution in [2.24, 2.45) is 0 Å². The number of aliphatic hydroxyl groups excluding tert-OH is 1. The molecule has 31 heavy (non-hydrogen) atoms. The Bertz CT molecular complexity index is 982. The SMILES string of the molecule is N#Cc1c(-c2ccc3c(c2)OCCO3)cccc1N1CCCC(N(CO)C2CCC2)C1. The highest BCUT2D eigenvalue weighted by atomic mass is 16.6. The van der Waals surface area contributed by atoms with Crippen molar-refractivity contribution in [1.29, 1.82) is 5.26 Å². The van der Waals surface area contributed by atoms with Crippen LogP contribution in [0, 0.1) is 11.3 Å². The highest BCUT2D eigenvalue weighted by Gasteiger charge is 2.33. The van der Waals surface area contributed by atoms with Crippen molar-refractivity contribution < 1.29 is 14.6 Å². The van der Waals surface area contributed by atoms with Crippen LogP contribution in [0.3, 0.4) is 0 Å². The predicted molar refractivity (Wildman–Crippen MR) is 119 cm³/mol. The second kappa shape index (κ2) is 8.78. The topological polar surface area (TPSA) is 69.0 Å². The van der Waals surface area contributed by atoms with Crippen LogP contribution in [0.2, 0.25) is 0 Å². The third-order valence-corrected chi connectivity index (χ3v) is 6.92. The van der Waals surface area contributed by atoms with Gasteiger partial charge in [0.25, 0.3) is 0 Å². The Labute approximate surface area is 183 Å². The Morgan fingerprint density at radius 2 is 1.84 bits per heavy atom. The van der Waals surface area contributed by atoms with Crippen molar-refractivity contribution in [3.63, 3.8) is 0 Å². The van der Waals surface area contributed by atoms with Crippen LogP contribution in [0.5, 0.6) is 11.5 Å². The molecule has 2 aromatic rings. The van der Waals surface area contributed by atoms with Crippen molar-refractivity contribution in [2.75, 3.05) is 37.9 Å². The maximum Gasteiger partial charge on any atom is 0.161 e. The monoisotopic (exact) mass is 419 g/mol. The molecule has 0 radical (unpaired) electrons. The maximum atomic E-state index is 10.1. The van der Waals surface area contributed by atoms with E-state index in [1.807, 2.05) is 30.3 Å². The fourth-order valence-corrected chi connectivity index (χ4v) is 5.06. The minimum atomic E-state index is 0.117. The number of nitriles is 1. The summed E-state index contributed by atoms with van der Waals surface area (Å²) >= 11 is 0. The number of hydrogen-bond donors (Lipinski definition) is 1. The Kier molecular flexibility index (Phi) is 5.71. The van der Waals surface area contributed by atoms with Gasteiger partial charge in [-0.1, -0.05) is 24.6 Å². The van der Waals surface area contributed by atoms with Gasteiger partial charge in [0.2, 0.25) is 0 Å². The molecule has 1 N–H and O–H groups in total. The van der Waals surface area contributed by atoms with Gasteiger partial charge < -0.3 is 19.5 Å². The Morgan fingerprint density at radius 1 is 1.03 bits per heavy atom. The number of aliphatic hydroxyl groups is 1. The molecule has 0 bridgehead atoms. The highest BCUT2D eigenvalue weighted by molar-refractivity contribution is 5.79. The molecule has 2 aliphatic heterocycles. The first kappa shape index (κ1) is 20.2. The van der Waals surface area contributed by atoms with Gasteiger partial charge in [-0.15, -0.1) is 0 Å². The van der Waals surface area contributed by atoms with Crippen LogP contribution in [0.25, 0.3) is 11.1 Å². The number of fused-ring (bicyclic) bond motifs is 1. The number of piperidine rings is 1. The van der Waals surface area contributed by atoms with Gasteiger partial charge in [0.1, 0.15) is 19.3 Å². The minimum Gasteiger partial charge on any atom is -0.486 e. The fraction of sp³-hybridized carbons (Fsp3) is 0.480. The van der Waals surface area contributed by atoms with Gasteiger partial charge in [-0.05, 0) is 49.4 Å². The summed E-state index contributed by atoms with van der Waals surface area (Å²) < 4.78 is 11.4. The van der Waals surface area contributed by atoms with Gasteiger partial charge in [-0.25, -0.2) is 0 Å². The zero-order valence-corrected chi connectivity index (χ0v) is 17.8. The zero-order valence-electron chi connectivity index (χ0n) is 17.8. The number of anilines is 1. The zero-order chi connectivity index (χ0) is 21.2. The van der Waals surface area contributed by atoms with Crippen molar-refractivity contribution in [2.45, 2.75) is 44.2 Å². The van der Waals surface area contributed by atoms with Crippen molar-refractivity contribution in [3.8, 4) is 28.7 Å². The average Bonchev–Trinajstić information content (AvgIpc) is 2.80. The number of benzene rings is 2. The Hall–Kier alpha value is -2.75. The second-order valence-corrected chi connectivity index (χ2v) is 8.65. The van der Waals surface area contributed by atoms with E-state index < -0.39 is 0 Å². The summed E-state index contributed by atoms with van der Waals surface area (Å²) in [5.74, 6) is 1.48. The number of hydrogen-bond acceptors (Lipinski definition) is 6. The van der Waals surface area contributed by atoms with E-state index >= 15 is 0 Å². The van der Waals surface area contributed by atoms with Crippen molar-refractivity contribution >= 4 is 5.69 Å². The highest BCUT2D eigenvalue weighted by Crippen LogP contribution is 2.38. The number of rotatable bonds is 5. The summed E-state index contributed by atoms with van der Waals surface area (Å²) in [7, 11) is 0. The molecule has 1 unspecified atom stereocenters. The molecule has 2 heterocycles. The molecule has 2 aromatic carbocycles. The molecule has 3 aliphatic rings. The van der Waals surface area contributed by atoms with Crippen LogP contribution in [-0.4, -0.2) is 55.1 Å².